The van der Waals surface area contributed by atoms with Crippen molar-refractivity contribution in [3.05, 3.63) is 0 Å². The van der Waals surface area contributed by atoms with E-state index >= 15 is 0 Å². The van der Waals surface area contributed by atoms with Crippen LogP contribution in [0.2, 0.25) is 0 Å². The quantitative estimate of drug-likeness (QED) is 0.241. The molecular formula is C17H33NO4. The largest absolute Gasteiger partial charge is 0.481 e. The Kier molecular flexibility index (Phi) is 15.5. The number of hydroxylamine groups is 1. The molecule has 1 atom stereocenters. The summed E-state index contributed by atoms with van der Waals surface area (Å²) in [4.78, 5) is 25.9. The number of carbonyl (C=O) groups is 2. The molecule has 0 aromatic rings. The molecule has 0 saturated carbocycles. The van der Waals surface area contributed by atoms with Crippen molar-refractivity contribution >= 4 is 12.4 Å². The Morgan fingerprint density at radius 1 is 1.00 bits per heavy atom. The highest BCUT2D eigenvalue weighted by molar-refractivity contribution is 5.69. The van der Waals surface area contributed by atoms with Gasteiger partial charge in [-0.1, -0.05) is 71.1 Å². The summed E-state index contributed by atoms with van der Waals surface area (Å²) < 4.78 is 0. The van der Waals surface area contributed by atoms with Gasteiger partial charge in [-0.25, -0.2) is 5.48 Å². The van der Waals surface area contributed by atoms with E-state index in [0.29, 0.717) is 19.3 Å². The zero-order chi connectivity index (χ0) is 16.5. The monoisotopic (exact) mass is 315 g/mol. The van der Waals surface area contributed by atoms with Gasteiger partial charge in [0.25, 0.3) is 0 Å². The van der Waals surface area contributed by atoms with Crippen LogP contribution in [0.4, 0.5) is 0 Å². The first-order valence-electron chi connectivity index (χ1n) is 8.76. The lowest BCUT2D eigenvalue weighted by molar-refractivity contribution is -0.143. The first kappa shape index (κ1) is 20.9. The Labute approximate surface area is 134 Å². The average Bonchev–Trinajstić information content (AvgIpc) is 2.50. The molecule has 0 aliphatic carbocycles. The van der Waals surface area contributed by atoms with Crippen LogP contribution in [0.1, 0.15) is 84.0 Å². The molecule has 0 radical (unpaired) electrons. The molecule has 0 aliphatic heterocycles. The van der Waals surface area contributed by atoms with Gasteiger partial charge in [-0.15, -0.1) is 0 Å². The second kappa shape index (κ2) is 16.3. The highest BCUT2D eigenvalue weighted by Gasteiger charge is 2.16. The van der Waals surface area contributed by atoms with E-state index in [1.165, 1.54) is 51.4 Å². The Morgan fingerprint density at radius 3 is 2.05 bits per heavy atom. The van der Waals surface area contributed by atoms with Gasteiger partial charge in [-0.3, -0.25) is 14.4 Å². The van der Waals surface area contributed by atoms with E-state index in [4.69, 9.17) is 9.94 Å². The summed E-state index contributed by atoms with van der Waals surface area (Å²) in [6.07, 6.45) is 14.1. The number of carboxylic acids is 1. The molecular weight excluding hydrogens is 282 g/mol. The Hall–Kier alpha value is -1.10. The number of hydrogen-bond donors (Lipinski definition) is 2. The minimum atomic E-state index is -0.773. The van der Waals surface area contributed by atoms with Crippen molar-refractivity contribution in [2.45, 2.75) is 84.0 Å². The van der Waals surface area contributed by atoms with Gasteiger partial charge in [-0.2, -0.15) is 0 Å². The molecule has 130 valence electrons. The molecule has 0 spiro atoms. The van der Waals surface area contributed by atoms with E-state index in [0.717, 1.165) is 12.8 Å². The second-order valence-corrected chi connectivity index (χ2v) is 5.88. The summed E-state index contributed by atoms with van der Waals surface area (Å²) in [7, 11) is 0. The third-order valence-corrected chi connectivity index (χ3v) is 3.96. The number of unbranched alkanes of at least 4 members (excludes halogenated alkanes) is 9. The second-order valence-electron chi connectivity index (χ2n) is 5.88. The lowest BCUT2D eigenvalue weighted by Crippen LogP contribution is -2.19. The molecule has 0 aromatic carbocycles. The van der Waals surface area contributed by atoms with E-state index in [1.54, 1.807) is 0 Å². The molecule has 0 aromatic heterocycles. The number of aliphatic carboxylic acids is 1. The summed E-state index contributed by atoms with van der Waals surface area (Å²) in [5.41, 5.74) is 2.08. The number of rotatable bonds is 17. The van der Waals surface area contributed by atoms with Gasteiger partial charge in [0.2, 0.25) is 6.41 Å². The molecule has 5 heteroatoms. The van der Waals surface area contributed by atoms with E-state index in [2.05, 4.69) is 12.4 Å². The van der Waals surface area contributed by atoms with Crippen LogP contribution in [0.15, 0.2) is 0 Å². The summed E-state index contributed by atoms with van der Waals surface area (Å²) in [6.45, 7) is 2.47. The third-order valence-electron chi connectivity index (χ3n) is 3.96. The number of nitrogens with one attached hydrogen (secondary N) is 1. The molecule has 1 amide bonds. The maximum Gasteiger partial charge on any atom is 0.306 e. The highest BCUT2D eigenvalue weighted by atomic mass is 16.6. The number of carbonyl (C=O) groups excluding carboxylic acids is 1. The van der Waals surface area contributed by atoms with Crippen LogP contribution in [0.25, 0.3) is 0 Å². The summed E-state index contributed by atoms with van der Waals surface area (Å²) >= 11 is 0. The molecule has 0 heterocycles. The standard InChI is InChI=1S/C17H33NO4/c1-2-3-4-5-6-7-8-9-10-11-12-16(17(20)21)13-14-22-18-15-19/h15-16H,2-14H2,1H3,(H,18,19)(H,20,21). The van der Waals surface area contributed by atoms with Crippen molar-refractivity contribution in [3.63, 3.8) is 0 Å². The van der Waals surface area contributed by atoms with Gasteiger partial charge in [0, 0.05) is 0 Å². The van der Waals surface area contributed by atoms with E-state index < -0.39 is 5.97 Å². The van der Waals surface area contributed by atoms with E-state index in [9.17, 15) is 9.59 Å². The van der Waals surface area contributed by atoms with Crippen molar-refractivity contribution < 1.29 is 19.5 Å². The van der Waals surface area contributed by atoms with E-state index in [1.807, 2.05) is 0 Å². The number of carboxylic acid groups (broad SMARTS) is 1. The summed E-state index contributed by atoms with van der Waals surface area (Å²) in [5, 5.41) is 9.13. The predicted octanol–water partition coefficient (Wildman–Crippen LogP) is 4.07. The average molecular weight is 315 g/mol. The zero-order valence-electron chi connectivity index (χ0n) is 14.0. The van der Waals surface area contributed by atoms with Gasteiger partial charge in [0.1, 0.15) is 0 Å². The first-order chi connectivity index (χ1) is 10.7. The topological polar surface area (TPSA) is 75.6 Å². The maximum atomic E-state index is 11.1. The SMILES string of the molecule is CCCCCCCCCCCCC(CCONC=O)C(=O)O. The molecule has 0 fully saturated rings. The van der Waals surface area contributed by atoms with Crippen molar-refractivity contribution in [2.75, 3.05) is 6.61 Å². The predicted molar refractivity (Wildman–Crippen MR) is 87.4 cm³/mol. The molecule has 0 aliphatic rings. The van der Waals surface area contributed by atoms with Crippen molar-refractivity contribution in [1.29, 1.82) is 0 Å². The summed E-state index contributed by atoms with van der Waals surface area (Å²) in [5.74, 6) is -1.15. The van der Waals surface area contributed by atoms with Gasteiger partial charge >= 0.3 is 5.97 Å². The van der Waals surface area contributed by atoms with E-state index in [-0.39, 0.29) is 12.5 Å². The molecule has 22 heavy (non-hydrogen) atoms. The lowest BCUT2D eigenvalue weighted by atomic mass is 9.97. The van der Waals surface area contributed by atoms with Crippen LogP contribution >= 0.6 is 0 Å². The molecule has 0 saturated heterocycles. The molecule has 0 bridgehead atoms. The molecule has 5 nitrogen and oxygen atoms in total. The Balaban J connectivity index is 3.44. The molecule has 2 N–H and O–H groups in total. The Morgan fingerprint density at radius 2 is 1.55 bits per heavy atom. The highest BCUT2D eigenvalue weighted by Crippen LogP contribution is 2.16. The van der Waals surface area contributed by atoms with Crippen molar-refractivity contribution in [2.24, 2.45) is 5.92 Å². The van der Waals surface area contributed by atoms with Crippen LogP contribution in [-0.4, -0.2) is 24.1 Å². The fourth-order valence-corrected chi connectivity index (χ4v) is 2.56. The zero-order valence-corrected chi connectivity index (χ0v) is 14.0. The smallest absolute Gasteiger partial charge is 0.306 e. The van der Waals surface area contributed by atoms with Crippen LogP contribution in [0.5, 0.6) is 0 Å². The number of amides is 1. The Bertz CT molecular complexity index is 271. The normalized spacial score (nSPS) is 12.0. The fourth-order valence-electron chi connectivity index (χ4n) is 2.56. The maximum absolute atomic E-state index is 11.1. The first-order valence-corrected chi connectivity index (χ1v) is 8.76. The van der Waals surface area contributed by atoms with Gasteiger partial charge in [-0.05, 0) is 12.8 Å². The minimum absolute atomic E-state index is 0.244. The van der Waals surface area contributed by atoms with Gasteiger partial charge in [0.15, 0.2) is 0 Å². The van der Waals surface area contributed by atoms with Crippen molar-refractivity contribution in [3.8, 4) is 0 Å². The lowest BCUT2D eigenvalue weighted by Gasteiger charge is -2.11. The number of hydrogen-bond acceptors (Lipinski definition) is 3. The molecule has 1 unspecified atom stereocenters. The minimum Gasteiger partial charge on any atom is -0.481 e. The van der Waals surface area contributed by atoms with Crippen LogP contribution in [0.3, 0.4) is 0 Å². The van der Waals surface area contributed by atoms with Crippen molar-refractivity contribution in [1.82, 2.24) is 5.48 Å². The van der Waals surface area contributed by atoms with Crippen LogP contribution in [0, 0.1) is 5.92 Å². The van der Waals surface area contributed by atoms with Crippen LogP contribution < -0.4 is 5.48 Å². The van der Waals surface area contributed by atoms with Crippen LogP contribution in [-0.2, 0) is 14.4 Å². The summed E-state index contributed by atoms with van der Waals surface area (Å²) in [6, 6.07) is 0. The third kappa shape index (κ3) is 13.9. The molecule has 0 rings (SSSR count). The fraction of sp³-hybridized carbons (Fsp3) is 0.882. The van der Waals surface area contributed by atoms with Gasteiger partial charge < -0.3 is 5.11 Å². The van der Waals surface area contributed by atoms with Gasteiger partial charge in [0.05, 0.1) is 12.5 Å².